The van der Waals surface area contributed by atoms with Crippen molar-refractivity contribution in [3.8, 4) is 0 Å². The van der Waals surface area contributed by atoms with Crippen LogP contribution in [0.5, 0.6) is 0 Å². The zero-order chi connectivity index (χ0) is 11.5. The molecule has 0 bridgehead atoms. The van der Waals surface area contributed by atoms with E-state index in [1.807, 2.05) is 0 Å². The minimum Gasteiger partial charge on any atom is -0.364 e. The van der Waals surface area contributed by atoms with E-state index in [0.717, 1.165) is 0 Å². The SMILES string of the molecule is NCC1CCC(C(=O)NCC(F)(F)F)O1. The van der Waals surface area contributed by atoms with Gasteiger partial charge in [-0.25, -0.2) is 0 Å². The van der Waals surface area contributed by atoms with Gasteiger partial charge in [-0.1, -0.05) is 0 Å². The van der Waals surface area contributed by atoms with Crippen molar-refractivity contribution in [2.45, 2.75) is 31.2 Å². The summed E-state index contributed by atoms with van der Waals surface area (Å²) in [5.74, 6) is -0.719. The molecule has 0 saturated carbocycles. The van der Waals surface area contributed by atoms with E-state index < -0.39 is 24.7 Å². The van der Waals surface area contributed by atoms with Gasteiger partial charge in [0.25, 0.3) is 0 Å². The van der Waals surface area contributed by atoms with Crippen molar-refractivity contribution < 1.29 is 22.7 Å². The largest absolute Gasteiger partial charge is 0.405 e. The summed E-state index contributed by atoms with van der Waals surface area (Å²) in [5.41, 5.74) is 5.30. The van der Waals surface area contributed by atoms with E-state index in [9.17, 15) is 18.0 Å². The minimum absolute atomic E-state index is 0.216. The molecule has 3 N–H and O–H groups in total. The molecule has 1 aliphatic heterocycles. The fourth-order valence-corrected chi connectivity index (χ4v) is 1.37. The van der Waals surface area contributed by atoms with Gasteiger partial charge in [-0.05, 0) is 12.8 Å². The fraction of sp³-hybridized carbons (Fsp3) is 0.875. The molecular formula is C8H13F3N2O2. The maximum absolute atomic E-state index is 11.8. The van der Waals surface area contributed by atoms with E-state index >= 15 is 0 Å². The number of hydrogen-bond donors (Lipinski definition) is 2. The van der Waals surface area contributed by atoms with Crippen molar-refractivity contribution in [3.63, 3.8) is 0 Å². The zero-order valence-corrected chi connectivity index (χ0v) is 8.01. The number of rotatable bonds is 3. The molecule has 0 spiro atoms. The summed E-state index contributed by atoms with van der Waals surface area (Å²) in [5, 5.41) is 1.78. The molecule has 7 heteroatoms. The first-order chi connectivity index (χ1) is 6.92. The first-order valence-electron chi connectivity index (χ1n) is 4.62. The maximum Gasteiger partial charge on any atom is 0.405 e. The highest BCUT2D eigenvalue weighted by atomic mass is 19.4. The van der Waals surface area contributed by atoms with E-state index in [4.69, 9.17) is 10.5 Å². The Labute approximate surface area is 84.9 Å². The van der Waals surface area contributed by atoms with E-state index in [0.29, 0.717) is 12.8 Å². The molecule has 1 heterocycles. The summed E-state index contributed by atoms with van der Waals surface area (Å²) >= 11 is 0. The van der Waals surface area contributed by atoms with E-state index in [1.54, 1.807) is 5.32 Å². The topological polar surface area (TPSA) is 64.4 Å². The van der Waals surface area contributed by atoms with Gasteiger partial charge in [-0.2, -0.15) is 13.2 Å². The number of carbonyl (C=O) groups is 1. The molecule has 0 aromatic heterocycles. The highest BCUT2D eigenvalue weighted by Crippen LogP contribution is 2.19. The van der Waals surface area contributed by atoms with Crippen LogP contribution in [-0.2, 0) is 9.53 Å². The Balaban J connectivity index is 2.30. The number of nitrogens with two attached hydrogens (primary N) is 1. The Kier molecular flexibility index (Phi) is 3.92. The van der Waals surface area contributed by atoms with Crippen LogP contribution in [0.2, 0.25) is 0 Å². The average Bonchev–Trinajstić information content (AvgIpc) is 2.61. The molecule has 0 aromatic rings. The molecule has 0 aromatic carbocycles. The lowest BCUT2D eigenvalue weighted by Gasteiger charge is -2.13. The molecule has 0 aliphatic carbocycles. The molecule has 1 fully saturated rings. The fourth-order valence-electron chi connectivity index (χ4n) is 1.37. The summed E-state index contributed by atoms with van der Waals surface area (Å²) in [4.78, 5) is 11.2. The number of halogens is 3. The molecule has 1 aliphatic rings. The number of hydrogen-bond acceptors (Lipinski definition) is 3. The predicted octanol–water partition coefficient (Wildman–Crippen LogP) is 0.171. The summed E-state index contributed by atoms with van der Waals surface area (Å²) in [6, 6.07) is 0. The van der Waals surface area contributed by atoms with Crippen LogP contribution < -0.4 is 11.1 Å². The highest BCUT2D eigenvalue weighted by molar-refractivity contribution is 5.81. The van der Waals surface area contributed by atoms with Crippen molar-refractivity contribution >= 4 is 5.91 Å². The third kappa shape index (κ3) is 4.05. The average molecular weight is 226 g/mol. The van der Waals surface area contributed by atoms with Crippen molar-refractivity contribution in [2.24, 2.45) is 5.73 Å². The van der Waals surface area contributed by atoms with Crippen LogP contribution in [0.15, 0.2) is 0 Å². The Bertz CT molecular complexity index is 232. The first-order valence-corrected chi connectivity index (χ1v) is 4.62. The van der Waals surface area contributed by atoms with Crippen LogP contribution in [0.1, 0.15) is 12.8 Å². The third-order valence-corrected chi connectivity index (χ3v) is 2.13. The van der Waals surface area contributed by atoms with Gasteiger partial charge in [0, 0.05) is 6.54 Å². The van der Waals surface area contributed by atoms with Gasteiger partial charge in [0.2, 0.25) is 5.91 Å². The third-order valence-electron chi connectivity index (χ3n) is 2.13. The lowest BCUT2D eigenvalue weighted by Crippen LogP contribution is -2.40. The first kappa shape index (κ1) is 12.3. The van der Waals surface area contributed by atoms with Gasteiger partial charge in [-0.15, -0.1) is 0 Å². The monoisotopic (exact) mass is 226 g/mol. The van der Waals surface area contributed by atoms with Crippen LogP contribution in [-0.4, -0.2) is 37.4 Å². The Morgan fingerprint density at radius 3 is 2.60 bits per heavy atom. The predicted molar refractivity (Wildman–Crippen MR) is 46.0 cm³/mol. The molecule has 15 heavy (non-hydrogen) atoms. The number of amides is 1. The summed E-state index contributed by atoms with van der Waals surface area (Å²) < 4.78 is 40.4. The van der Waals surface area contributed by atoms with Crippen LogP contribution in [0.4, 0.5) is 13.2 Å². The van der Waals surface area contributed by atoms with Gasteiger partial charge in [0.15, 0.2) is 0 Å². The Morgan fingerprint density at radius 2 is 2.13 bits per heavy atom. The normalized spacial score (nSPS) is 26.7. The summed E-state index contributed by atoms with van der Waals surface area (Å²) in [7, 11) is 0. The van der Waals surface area contributed by atoms with E-state index in [-0.39, 0.29) is 12.6 Å². The molecule has 1 rings (SSSR count). The van der Waals surface area contributed by atoms with Gasteiger partial charge >= 0.3 is 6.18 Å². The maximum atomic E-state index is 11.8. The molecule has 2 unspecified atom stereocenters. The van der Waals surface area contributed by atoms with Crippen LogP contribution >= 0.6 is 0 Å². The van der Waals surface area contributed by atoms with Crippen molar-refractivity contribution in [3.05, 3.63) is 0 Å². The minimum atomic E-state index is -4.39. The lowest BCUT2D eigenvalue weighted by molar-refractivity contribution is -0.145. The van der Waals surface area contributed by atoms with Crippen molar-refractivity contribution in [2.75, 3.05) is 13.1 Å². The van der Waals surface area contributed by atoms with Crippen LogP contribution in [0.3, 0.4) is 0 Å². The van der Waals surface area contributed by atoms with Crippen LogP contribution in [0, 0.1) is 0 Å². The number of alkyl halides is 3. The second-order valence-electron chi connectivity index (χ2n) is 3.39. The molecular weight excluding hydrogens is 213 g/mol. The molecule has 1 saturated heterocycles. The molecule has 1 amide bonds. The Morgan fingerprint density at radius 1 is 1.47 bits per heavy atom. The molecule has 88 valence electrons. The van der Waals surface area contributed by atoms with Gasteiger partial charge in [0.05, 0.1) is 6.10 Å². The van der Waals surface area contributed by atoms with E-state index in [2.05, 4.69) is 0 Å². The van der Waals surface area contributed by atoms with Crippen molar-refractivity contribution in [1.82, 2.24) is 5.32 Å². The molecule has 4 nitrogen and oxygen atoms in total. The van der Waals surface area contributed by atoms with Crippen LogP contribution in [0.25, 0.3) is 0 Å². The van der Waals surface area contributed by atoms with Gasteiger partial charge in [0.1, 0.15) is 12.6 Å². The number of carbonyl (C=O) groups excluding carboxylic acids is 1. The quantitative estimate of drug-likeness (QED) is 0.721. The highest BCUT2D eigenvalue weighted by Gasteiger charge is 2.33. The lowest BCUT2D eigenvalue weighted by atomic mass is 10.2. The van der Waals surface area contributed by atoms with E-state index in [1.165, 1.54) is 0 Å². The van der Waals surface area contributed by atoms with Gasteiger partial charge in [-0.3, -0.25) is 4.79 Å². The van der Waals surface area contributed by atoms with Gasteiger partial charge < -0.3 is 15.8 Å². The molecule has 2 atom stereocenters. The zero-order valence-electron chi connectivity index (χ0n) is 8.01. The smallest absolute Gasteiger partial charge is 0.364 e. The second kappa shape index (κ2) is 4.80. The standard InChI is InChI=1S/C8H13F3N2O2/c9-8(10,11)4-13-7(14)6-2-1-5(3-12)15-6/h5-6H,1-4,12H2,(H,13,14). The number of ether oxygens (including phenoxy) is 1. The number of nitrogens with one attached hydrogen (secondary N) is 1. The van der Waals surface area contributed by atoms with Crippen molar-refractivity contribution in [1.29, 1.82) is 0 Å². The summed E-state index contributed by atoms with van der Waals surface area (Å²) in [6.07, 6.45) is -4.36. The summed E-state index contributed by atoms with van der Waals surface area (Å²) in [6.45, 7) is -1.04. The Hall–Kier alpha value is -0.820. The molecule has 0 radical (unpaired) electrons. The second-order valence-corrected chi connectivity index (χ2v) is 3.39.